The number of rotatable bonds is 7. The minimum absolute atomic E-state index is 0.363. The first-order valence-electron chi connectivity index (χ1n) is 7.40. The average molecular weight is 300 g/mol. The van der Waals surface area contributed by atoms with Crippen molar-refractivity contribution in [1.82, 2.24) is 10.3 Å². The molecule has 0 saturated heterocycles. The Morgan fingerprint density at radius 3 is 2.55 bits per heavy atom. The van der Waals surface area contributed by atoms with Crippen LogP contribution in [0.2, 0.25) is 0 Å². The Morgan fingerprint density at radius 1 is 1.18 bits per heavy atom. The molecule has 0 aliphatic rings. The van der Waals surface area contributed by atoms with E-state index in [1.807, 2.05) is 43.3 Å². The van der Waals surface area contributed by atoms with Crippen LogP contribution in [0.4, 0.5) is 0 Å². The van der Waals surface area contributed by atoms with E-state index in [9.17, 15) is 9.59 Å². The van der Waals surface area contributed by atoms with Gasteiger partial charge in [-0.3, -0.25) is 4.79 Å². The molecule has 0 spiro atoms. The Kier molecular flexibility index (Phi) is 5.36. The van der Waals surface area contributed by atoms with Crippen LogP contribution in [-0.4, -0.2) is 28.0 Å². The number of H-pyrrole nitrogens is 1. The number of carbonyl (C=O) groups is 2. The molecule has 1 amide bonds. The van der Waals surface area contributed by atoms with Crippen molar-refractivity contribution in [1.29, 1.82) is 0 Å². The first-order chi connectivity index (χ1) is 10.6. The highest BCUT2D eigenvalue weighted by Crippen LogP contribution is 2.18. The van der Waals surface area contributed by atoms with Crippen molar-refractivity contribution in [3.05, 3.63) is 48.2 Å². The third-order valence-electron chi connectivity index (χ3n) is 3.47. The lowest BCUT2D eigenvalue weighted by Gasteiger charge is -2.13. The number of carboxylic acids is 1. The van der Waals surface area contributed by atoms with E-state index in [1.165, 1.54) is 0 Å². The molecule has 0 saturated carbocycles. The van der Waals surface area contributed by atoms with E-state index in [4.69, 9.17) is 5.11 Å². The van der Waals surface area contributed by atoms with E-state index < -0.39 is 17.9 Å². The molecule has 0 aliphatic carbocycles. The van der Waals surface area contributed by atoms with E-state index >= 15 is 0 Å². The first kappa shape index (κ1) is 15.8. The summed E-state index contributed by atoms with van der Waals surface area (Å²) in [6, 6.07) is 12.3. The zero-order valence-electron chi connectivity index (χ0n) is 12.5. The number of nitrogens with one attached hydrogen (secondary N) is 2. The van der Waals surface area contributed by atoms with E-state index in [0.717, 1.165) is 24.1 Å². The summed E-state index contributed by atoms with van der Waals surface area (Å²) in [6.45, 7) is 1.98. The van der Waals surface area contributed by atoms with Gasteiger partial charge in [-0.05, 0) is 24.1 Å². The Bertz CT molecular complexity index is 634. The second kappa shape index (κ2) is 7.45. The quantitative estimate of drug-likeness (QED) is 0.735. The van der Waals surface area contributed by atoms with Gasteiger partial charge in [0.05, 0.1) is 0 Å². The first-order valence-corrected chi connectivity index (χ1v) is 7.40. The average Bonchev–Trinajstić information content (AvgIpc) is 3.02. The maximum absolute atomic E-state index is 12.2. The van der Waals surface area contributed by atoms with Crippen LogP contribution in [0.1, 0.15) is 36.7 Å². The van der Waals surface area contributed by atoms with E-state index in [0.29, 0.717) is 12.1 Å². The molecule has 1 heterocycles. The highest BCUT2D eigenvalue weighted by molar-refractivity contribution is 5.95. The summed E-state index contributed by atoms with van der Waals surface area (Å²) >= 11 is 0. The van der Waals surface area contributed by atoms with Gasteiger partial charge in [0.25, 0.3) is 5.91 Å². The number of unbranched alkanes of at least 4 members (excludes halogenated alkanes) is 1. The SMILES string of the molecule is CCCCC(NC(=O)c1ccc(-c2ccccc2)[nH]1)C(=O)O. The summed E-state index contributed by atoms with van der Waals surface area (Å²) in [7, 11) is 0. The van der Waals surface area contributed by atoms with Gasteiger partial charge in [-0.25, -0.2) is 4.79 Å². The highest BCUT2D eigenvalue weighted by Gasteiger charge is 2.20. The second-order valence-electron chi connectivity index (χ2n) is 5.16. The Morgan fingerprint density at radius 2 is 1.91 bits per heavy atom. The maximum atomic E-state index is 12.2. The van der Waals surface area contributed by atoms with Crippen LogP contribution < -0.4 is 5.32 Å². The summed E-state index contributed by atoms with van der Waals surface area (Å²) in [5.74, 6) is -1.40. The monoisotopic (exact) mass is 300 g/mol. The molecular weight excluding hydrogens is 280 g/mol. The minimum Gasteiger partial charge on any atom is -0.480 e. The predicted octanol–water partition coefficient (Wildman–Crippen LogP) is 3.05. The number of aromatic nitrogens is 1. The molecule has 1 aromatic carbocycles. The van der Waals surface area contributed by atoms with E-state index in [1.54, 1.807) is 6.07 Å². The van der Waals surface area contributed by atoms with Gasteiger partial charge in [0, 0.05) is 5.69 Å². The Labute approximate surface area is 129 Å². The lowest BCUT2D eigenvalue weighted by atomic mass is 10.1. The molecule has 5 heteroatoms. The molecule has 0 fully saturated rings. The summed E-state index contributed by atoms with van der Waals surface area (Å²) in [6.07, 6.45) is 2.08. The summed E-state index contributed by atoms with van der Waals surface area (Å²) < 4.78 is 0. The number of carbonyl (C=O) groups excluding carboxylic acids is 1. The van der Waals surface area contributed by atoms with Gasteiger partial charge in [-0.1, -0.05) is 50.1 Å². The van der Waals surface area contributed by atoms with Crippen LogP contribution in [0.5, 0.6) is 0 Å². The molecule has 0 bridgehead atoms. The summed E-state index contributed by atoms with van der Waals surface area (Å²) in [5, 5.41) is 11.7. The van der Waals surface area contributed by atoms with Crippen molar-refractivity contribution in [2.24, 2.45) is 0 Å². The fourth-order valence-corrected chi connectivity index (χ4v) is 2.22. The summed E-state index contributed by atoms with van der Waals surface area (Å²) in [5.41, 5.74) is 2.16. The number of hydrogen-bond acceptors (Lipinski definition) is 2. The fraction of sp³-hybridized carbons (Fsp3) is 0.294. The predicted molar refractivity (Wildman–Crippen MR) is 84.6 cm³/mol. The van der Waals surface area contributed by atoms with Gasteiger partial charge < -0.3 is 15.4 Å². The molecule has 22 heavy (non-hydrogen) atoms. The fourth-order valence-electron chi connectivity index (χ4n) is 2.22. The van der Waals surface area contributed by atoms with E-state index in [2.05, 4.69) is 10.3 Å². The molecule has 5 nitrogen and oxygen atoms in total. The van der Waals surface area contributed by atoms with Crippen LogP contribution in [0.25, 0.3) is 11.3 Å². The minimum atomic E-state index is -1.00. The largest absolute Gasteiger partial charge is 0.480 e. The molecule has 1 unspecified atom stereocenters. The Hall–Kier alpha value is -2.56. The standard InChI is InChI=1S/C17H20N2O3/c1-2-3-9-15(17(21)22)19-16(20)14-11-10-13(18-14)12-7-5-4-6-8-12/h4-8,10-11,15,18H,2-3,9H2,1H3,(H,19,20)(H,21,22). The summed E-state index contributed by atoms with van der Waals surface area (Å²) in [4.78, 5) is 26.4. The molecular formula is C17H20N2O3. The number of aromatic amines is 1. The van der Waals surface area contributed by atoms with Crippen molar-refractivity contribution in [2.75, 3.05) is 0 Å². The normalized spacial score (nSPS) is 11.9. The van der Waals surface area contributed by atoms with Gasteiger partial charge in [0.1, 0.15) is 11.7 Å². The lowest BCUT2D eigenvalue weighted by Crippen LogP contribution is -2.40. The van der Waals surface area contributed by atoms with E-state index in [-0.39, 0.29) is 0 Å². The van der Waals surface area contributed by atoms with Gasteiger partial charge in [-0.2, -0.15) is 0 Å². The number of hydrogen-bond donors (Lipinski definition) is 3. The molecule has 2 aromatic rings. The topological polar surface area (TPSA) is 82.2 Å². The third kappa shape index (κ3) is 3.97. The van der Waals surface area contributed by atoms with Crippen LogP contribution in [0.3, 0.4) is 0 Å². The number of amides is 1. The smallest absolute Gasteiger partial charge is 0.326 e. The van der Waals surface area contributed by atoms with Crippen molar-refractivity contribution in [3.63, 3.8) is 0 Å². The van der Waals surface area contributed by atoms with Crippen molar-refractivity contribution < 1.29 is 14.7 Å². The molecule has 116 valence electrons. The van der Waals surface area contributed by atoms with Crippen molar-refractivity contribution >= 4 is 11.9 Å². The van der Waals surface area contributed by atoms with Crippen LogP contribution in [-0.2, 0) is 4.79 Å². The zero-order valence-corrected chi connectivity index (χ0v) is 12.5. The third-order valence-corrected chi connectivity index (χ3v) is 3.47. The highest BCUT2D eigenvalue weighted by atomic mass is 16.4. The van der Waals surface area contributed by atoms with Gasteiger partial charge in [0.2, 0.25) is 0 Å². The maximum Gasteiger partial charge on any atom is 0.326 e. The van der Waals surface area contributed by atoms with Gasteiger partial charge in [0.15, 0.2) is 0 Å². The molecule has 3 N–H and O–H groups in total. The zero-order chi connectivity index (χ0) is 15.9. The lowest BCUT2D eigenvalue weighted by molar-refractivity contribution is -0.139. The number of carboxylic acid groups (broad SMARTS) is 1. The van der Waals surface area contributed by atoms with Crippen LogP contribution in [0.15, 0.2) is 42.5 Å². The molecule has 1 aromatic heterocycles. The Balaban J connectivity index is 2.06. The van der Waals surface area contributed by atoms with Crippen molar-refractivity contribution in [2.45, 2.75) is 32.2 Å². The van der Waals surface area contributed by atoms with Crippen molar-refractivity contribution in [3.8, 4) is 11.3 Å². The second-order valence-corrected chi connectivity index (χ2v) is 5.16. The molecule has 0 aliphatic heterocycles. The van der Waals surface area contributed by atoms with Crippen LogP contribution in [0, 0.1) is 0 Å². The molecule has 2 rings (SSSR count). The number of aliphatic carboxylic acids is 1. The number of benzene rings is 1. The van der Waals surface area contributed by atoms with Gasteiger partial charge >= 0.3 is 5.97 Å². The van der Waals surface area contributed by atoms with Crippen LogP contribution >= 0.6 is 0 Å². The van der Waals surface area contributed by atoms with Gasteiger partial charge in [-0.15, -0.1) is 0 Å². The molecule has 1 atom stereocenters. The molecule has 0 radical (unpaired) electrons.